The number of hydrogen-bond acceptors (Lipinski definition) is 5. The molecule has 8 heteroatoms. The topological polar surface area (TPSA) is 70.6 Å². The average Bonchev–Trinajstić information content (AvgIpc) is 3.30. The minimum atomic E-state index is -3.58. The molecule has 1 aliphatic rings. The predicted octanol–water partition coefficient (Wildman–Crippen LogP) is 5.87. The molecule has 0 aliphatic carbocycles. The molecule has 0 saturated carbocycles. The first-order valence-electron chi connectivity index (χ1n) is 12.1. The molecule has 6 nitrogen and oxygen atoms in total. The van der Waals surface area contributed by atoms with Gasteiger partial charge in [-0.25, -0.2) is 13.4 Å². The summed E-state index contributed by atoms with van der Waals surface area (Å²) in [7, 11) is -3.58. The molecule has 3 aromatic carbocycles. The van der Waals surface area contributed by atoms with Crippen LogP contribution in [0.5, 0.6) is 0 Å². The van der Waals surface area contributed by atoms with Crippen molar-refractivity contribution in [1.82, 2.24) is 9.29 Å². The van der Waals surface area contributed by atoms with Gasteiger partial charge in [-0.15, -0.1) is 0 Å². The molecule has 2 heterocycles. The van der Waals surface area contributed by atoms with Crippen molar-refractivity contribution in [3.05, 3.63) is 89.5 Å². The number of fused-ring (bicyclic) bond motifs is 1. The lowest BCUT2D eigenvalue weighted by Crippen LogP contribution is -2.39. The Balaban J connectivity index is 1.46. The molecule has 0 radical (unpaired) electrons. The Labute approximate surface area is 216 Å². The molecule has 1 aromatic heterocycles. The third-order valence-electron chi connectivity index (χ3n) is 6.55. The van der Waals surface area contributed by atoms with Crippen molar-refractivity contribution in [2.24, 2.45) is 5.92 Å². The van der Waals surface area contributed by atoms with Crippen molar-refractivity contribution in [3.63, 3.8) is 0 Å². The number of anilines is 1. The number of hydrogen-bond donors (Lipinski definition) is 0. The highest BCUT2D eigenvalue weighted by Crippen LogP contribution is 2.32. The smallest absolute Gasteiger partial charge is 0.260 e. The molecule has 1 aliphatic heterocycles. The van der Waals surface area contributed by atoms with Gasteiger partial charge in [0.05, 0.1) is 21.7 Å². The van der Waals surface area contributed by atoms with Crippen molar-refractivity contribution in [1.29, 1.82) is 0 Å². The van der Waals surface area contributed by atoms with E-state index in [0.29, 0.717) is 36.2 Å². The van der Waals surface area contributed by atoms with Gasteiger partial charge in [-0.3, -0.25) is 9.69 Å². The van der Waals surface area contributed by atoms with E-state index < -0.39 is 10.0 Å². The van der Waals surface area contributed by atoms with E-state index in [2.05, 4.69) is 13.0 Å². The number of aryl methyl sites for hydroxylation is 1. The summed E-state index contributed by atoms with van der Waals surface area (Å²) in [4.78, 5) is 20.4. The summed E-state index contributed by atoms with van der Waals surface area (Å²) in [5.74, 6) is 0.128. The first-order chi connectivity index (χ1) is 17.3. The number of aromatic nitrogens is 1. The lowest BCUT2D eigenvalue weighted by molar-refractivity contribution is 0.0985. The first kappa shape index (κ1) is 24.6. The molecule has 1 amide bonds. The molecule has 186 valence electrons. The number of sulfonamides is 1. The van der Waals surface area contributed by atoms with Crippen LogP contribution in [0.1, 0.15) is 41.3 Å². The van der Waals surface area contributed by atoms with E-state index in [4.69, 9.17) is 4.98 Å². The Kier molecular flexibility index (Phi) is 6.92. The van der Waals surface area contributed by atoms with Crippen LogP contribution in [0.2, 0.25) is 0 Å². The molecular formula is C28H29N3O3S2. The van der Waals surface area contributed by atoms with Crippen LogP contribution in [0.15, 0.2) is 77.7 Å². The summed E-state index contributed by atoms with van der Waals surface area (Å²) in [5.41, 5.74) is 3.40. The van der Waals surface area contributed by atoms with Gasteiger partial charge in [0.15, 0.2) is 5.13 Å². The molecule has 1 atom stereocenters. The van der Waals surface area contributed by atoms with E-state index >= 15 is 0 Å². The van der Waals surface area contributed by atoms with Gasteiger partial charge < -0.3 is 0 Å². The van der Waals surface area contributed by atoms with Gasteiger partial charge in [-0.2, -0.15) is 4.31 Å². The summed E-state index contributed by atoms with van der Waals surface area (Å²) >= 11 is 1.48. The van der Waals surface area contributed by atoms with E-state index in [1.165, 1.54) is 11.3 Å². The lowest BCUT2D eigenvalue weighted by Gasteiger charge is -2.30. The SMILES string of the molecule is Cc1ccc2nc(N(Cc3ccccc3)C(=O)c3ccc(S(=O)(=O)N4CCCC(C)C4)cc3)sc2c1. The highest BCUT2D eigenvalue weighted by Gasteiger charge is 2.29. The van der Waals surface area contributed by atoms with E-state index in [0.717, 1.165) is 34.2 Å². The number of carbonyl (C=O) groups is 1. The Morgan fingerprint density at radius 3 is 2.56 bits per heavy atom. The van der Waals surface area contributed by atoms with E-state index in [9.17, 15) is 13.2 Å². The highest BCUT2D eigenvalue weighted by atomic mass is 32.2. The fourth-order valence-corrected chi connectivity index (χ4v) is 7.23. The predicted molar refractivity (Wildman–Crippen MR) is 145 cm³/mol. The van der Waals surface area contributed by atoms with Crippen LogP contribution in [0, 0.1) is 12.8 Å². The normalized spacial score (nSPS) is 16.8. The van der Waals surface area contributed by atoms with Gasteiger partial charge in [-0.05, 0) is 73.2 Å². The van der Waals surface area contributed by atoms with Crippen LogP contribution < -0.4 is 4.90 Å². The minimum absolute atomic E-state index is 0.217. The summed E-state index contributed by atoms with van der Waals surface area (Å²) in [6.45, 7) is 5.55. The quantitative estimate of drug-likeness (QED) is 0.319. The van der Waals surface area contributed by atoms with Crippen LogP contribution in [0.3, 0.4) is 0 Å². The molecule has 0 spiro atoms. The largest absolute Gasteiger partial charge is 0.279 e. The van der Waals surface area contributed by atoms with Gasteiger partial charge in [0.1, 0.15) is 0 Å². The maximum atomic E-state index is 13.7. The Bertz CT molecular complexity index is 1480. The monoisotopic (exact) mass is 519 g/mol. The number of piperidine rings is 1. The van der Waals surface area contributed by atoms with E-state index in [1.807, 2.05) is 49.4 Å². The fourth-order valence-electron chi connectivity index (χ4n) is 4.57. The van der Waals surface area contributed by atoms with Crippen molar-refractivity contribution in [2.75, 3.05) is 18.0 Å². The summed E-state index contributed by atoms with van der Waals surface area (Å²) in [6, 6.07) is 22.2. The lowest BCUT2D eigenvalue weighted by atomic mass is 10.0. The van der Waals surface area contributed by atoms with Crippen molar-refractivity contribution < 1.29 is 13.2 Å². The maximum Gasteiger partial charge on any atom is 0.260 e. The van der Waals surface area contributed by atoms with Gasteiger partial charge in [0, 0.05) is 18.7 Å². The third-order valence-corrected chi connectivity index (χ3v) is 9.47. The van der Waals surface area contributed by atoms with E-state index in [-0.39, 0.29) is 10.8 Å². The van der Waals surface area contributed by atoms with E-state index in [1.54, 1.807) is 33.5 Å². The second-order valence-electron chi connectivity index (χ2n) is 9.48. The average molecular weight is 520 g/mol. The zero-order valence-corrected chi connectivity index (χ0v) is 22.1. The Morgan fingerprint density at radius 1 is 1.08 bits per heavy atom. The van der Waals surface area contributed by atoms with Crippen molar-refractivity contribution >= 4 is 42.6 Å². The zero-order chi connectivity index (χ0) is 25.3. The fraction of sp³-hybridized carbons (Fsp3) is 0.286. The van der Waals surface area contributed by atoms with Gasteiger partial charge in [-0.1, -0.05) is 54.7 Å². The Morgan fingerprint density at radius 2 is 1.83 bits per heavy atom. The molecule has 5 rings (SSSR count). The standard InChI is InChI=1S/C28H29N3O3S2/c1-20-10-15-25-26(17-20)35-28(29-25)31(19-22-8-4-3-5-9-22)27(32)23-11-13-24(14-12-23)36(33,34)30-16-6-7-21(2)18-30/h3-5,8-15,17,21H,6-7,16,18-19H2,1-2H3. The van der Waals surface area contributed by atoms with Crippen LogP contribution >= 0.6 is 11.3 Å². The van der Waals surface area contributed by atoms with Gasteiger partial charge >= 0.3 is 0 Å². The van der Waals surface area contributed by atoms with Gasteiger partial charge in [0.25, 0.3) is 5.91 Å². The Hall–Kier alpha value is -3.07. The number of rotatable bonds is 6. The molecule has 1 saturated heterocycles. The second kappa shape index (κ2) is 10.1. The molecule has 4 aromatic rings. The minimum Gasteiger partial charge on any atom is -0.279 e. The molecular weight excluding hydrogens is 490 g/mol. The summed E-state index contributed by atoms with van der Waals surface area (Å²) in [5, 5.41) is 0.614. The number of benzene rings is 3. The number of amides is 1. The van der Waals surface area contributed by atoms with Crippen molar-refractivity contribution in [3.8, 4) is 0 Å². The molecule has 1 unspecified atom stereocenters. The number of carbonyl (C=O) groups excluding carboxylic acids is 1. The summed E-state index contributed by atoms with van der Waals surface area (Å²) < 4.78 is 28.9. The van der Waals surface area contributed by atoms with Gasteiger partial charge in [0.2, 0.25) is 10.0 Å². The van der Waals surface area contributed by atoms with Crippen molar-refractivity contribution in [2.45, 2.75) is 38.1 Å². The number of thiazole rings is 1. The van der Waals surface area contributed by atoms with Crippen LogP contribution in [0.4, 0.5) is 5.13 Å². The molecule has 1 fully saturated rings. The highest BCUT2D eigenvalue weighted by molar-refractivity contribution is 7.89. The summed E-state index contributed by atoms with van der Waals surface area (Å²) in [6.07, 6.45) is 1.91. The van der Waals surface area contributed by atoms with Crippen LogP contribution in [0.25, 0.3) is 10.2 Å². The molecule has 36 heavy (non-hydrogen) atoms. The zero-order valence-electron chi connectivity index (χ0n) is 20.4. The third kappa shape index (κ3) is 5.07. The maximum absolute atomic E-state index is 13.7. The first-order valence-corrected chi connectivity index (χ1v) is 14.4. The van der Waals surface area contributed by atoms with Crippen LogP contribution in [-0.4, -0.2) is 36.7 Å². The second-order valence-corrected chi connectivity index (χ2v) is 12.4. The molecule has 0 N–H and O–H groups in total. The molecule has 0 bridgehead atoms. The van der Waals surface area contributed by atoms with Crippen LogP contribution in [-0.2, 0) is 16.6 Å². The number of nitrogens with zero attached hydrogens (tertiary/aromatic N) is 3.